The van der Waals surface area contributed by atoms with Gasteiger partial charge in [-0.3, -0.25) is 9.48 Å². The molecule has 1 aromatic carbocycles. The summed E-state index contributed by atoms with van der Waals surface area (Å²) in [5.41, 5.74) is 3.18. The average Bonchev–Trinajstić information content (AvgIpc) is 3.29. The topological polar surface area (TPSA) is 77.4 Å². The number of carbonyl (C=O) groups is 1. The number of aromatic nitrogens is 2. The van der Waals surface area contributed by atoms with Gasteiger partial charge in [-0.05, 0) is 24.1 Å². The minimum atomic E-state index is -0.0995. The zero-order valence-corrected chi connectivity index (χ0v) is 17.4. The third-order valence-corrected chi connectivity index (χ3v) is 4.92. The molecule has 28 heavy (non-hydrogen) atoms. The number of ether oxygens (including phenoxy) is 2. The lowest BCUT2D eigenvalue weighted by Crippen LogP contribution is -2.34. The molecule has 2 heterocycles. The third kappa shape index (κ3) is 5.47. The van der Waals surface area contributed by atoms with Gasteiger partial charge in [0, 0.05) is 51.5 Å². The van der Waals surface area contributed by atoms with Crippen LogP contribution in [0.3, 0.4) is 0 Å². The van der Waals surface area contributed by atoms with Crippen molar-refractivity contribution in [1.29, 1.82) is 0 Å². The van der Waals surface area contributed by atoms with Gasteiger partial charge >= 0.3 is 0 Å². The van der Waals surface area contributed by atoms with E-state index in [0.29, 0.717) is 26.3 Å². The predicted octanol–water partition coefficient (Wildman–Crippen LogP) is 1.79. The van der Waals surface area contributed by atoms with Crippen LogP contribution in [-0.2, 0) is 23.1 Å². The first kappa shape index (κ1) is 22.2. The normalized spacial score (nSPS) is 18.5. The summed E-state index contributed by atoms with van der Waals surface area (Å²) in [6.45, 7) is 4.94. The number of amides is 1. The van der Waals surface area contributed by atoms with Crippen LogP contribution in [0.25, 0.3) is 0 Å². The molecule has 0 unspecified atom stereocenters. The van der Waals surface area contributed by atoms with E-state index in [9.17, 15) is 4.79 Å². The van der Waals surface area contributed by atoms with Crippen molar-refractivity contribution in [2.75, 3.05) is 33.4 Å². The van der Waals surface area contributed by atoms with Crippen molar-refractivity contribution in [3.8, 4) is 5.75 Å². The molecule has 0 bridgehead atoms. The first-order valence-electron chi connectivity index (χ1n) is 9.26. The molecule has 0 saturated carbocycles. The second-order valence-corrected chi connectivity index (χ2v) is 6.99. The van der Waals surface area contributed by atoms with E-state index < -0.39 is 0 Å². The molecule has 1 saturated heterocycles. The van der Waals surface area contributed by atoms with E-state index in [2.05, 4.69) is 15.7 Å². The van der Waals surface area contributed by atoms with Gasteiger partial charge in [-0.15, -0.1) is 12.4 Å². The van der Waals surface area contributed by atoms with Crippen molar-refractivity contribution < 1.29 is 14.3 Å². The highest BCUT2D eigenvalue weighted by molar-refractivity contribution is 5.85. The Bertz CT molecular complexity index is 781. The SMILES string of the molecule is COCCOc1cc(C)ccc1CNC(=O)[C@H]1CNC[C@@H]1c1cnn(C)c1.Cl. The van der Waals surface area contributed by atoms with Crippen LogP contribution in [0, 0.1) is 12.8 Å². The molecule has 7 nitrogen and oxygen atoms in total. The highest BCUT2D eigenvalue weighted by Gasteiger charge is 2.34. The van der Waals surface area contributed by atoms with Crippen molar-refractivity contribution >= 4 is 18.3 Å². The molecular weight excluding hydrogens is 380 g/mol. The van der Waals surface area contributed by atoms with Crippen LogP contribution in [0.2, 0.25) is 0 Å². The first-order chi connectivity index (χ1) is 13.1. The molecule has 0 radical (unpaired) electrons. The van der Waals surface area contributed by atoms with Crippen LogP contribution in [0.15, 0.2) is 30.6 Å². The number of nitrogens with zero attached hydrogens (tertiary/aromatic N) is 2. The van der Waals surface area contributed by atoms with Gasteiger partial charge in [-0.25, -0.2) is 0 Å². The highest BCUT2D eigenvalue weighted by atomic mass is 35.5. The summed E-state index contributed by atoms with van der Waals surface area (Å²) in [5.74, 6) is 0.893. The average molecular weight is 409 g/mol. The second kappa shape index (κ2) is 10.5. The molecule has 2 N–H and O–H groups in total. The number of benzene rings is 1. The Morgan fingerprint density at radius 3 is 2.89 bits per heavy atom. The van der Waals surface area contributed by atoms with E-state index >= 15 is 0 Å². The van der Waals surface area contributed by atoms with Crippen LogP contribution in [-0.4, -0.2) is 49.1 Å². The maximum atomic E-state index is 12.8. The largest absolute Gasteiger partial charge is 0.491 e. The molecule has 1 aliphatic heterocycles. The Labute approximate surface area is 172 Å². The molecule has 2 aromatic rings. The van der Waals surface area contributed by atoms with Gasteiger partial charge in [0.25, 0.3) is 0 Å². The molecule has 1 aromatic heterocycles. The van der Waals surface area contributed by atoms with Gasteiger partial charge in [0.2, 0.25) is 5.91 Å². The number of methoxy groups -OCH3 is 1. The number of halogens is 1. The number of hydrogen-bond donors (Lipinski definition) is 2. The summed E-state index contributed by atoms with van der Waals surface area (Å²) < 4.78 is 12.6. The minimum Gasteiger partial charge on any atom is -0.491 e. The van der Waals surface area contributed by atoms with Gasteiger partial charge in [-0.1, -0.05) is 12.1 Å². The fraction of sp³-hybridized carbons (Fsp3) is 0.500. The van der Waals surface area contributed by atoms with E-state index in [1.165, 1.54) is 0 Å². The molecule has 1 amide bonds. The van der Waals surface area contributed by atoms with E-state index in [4.69, 9.17) is 9.47 Å². The van der Waals surface area contributed by atoms with E-state index in [-0.39, 0.29) is 30.2 Å². The Morgan fingerprint density at radius 1 is 1.36 bits per heavy atom. The van der Waals surface area contributed by atoms with E-state index in [1.807, 2.05) is 44.6 Å². The van der Waals surface area contributed by atoms with Crippen molar-refractivity contribution in [1.82, 2.24) is 20.4 Å². The van der Waals surface area contributed by atoms with Crippen molar-refractivity contribution in [3.05, 3.63) is 47.3 Å². The van der Waals surface area contributed by atoms with E-state index in [1.54, 1.807) is 11.8 Å². The molecule has 1 aliphatic rings. The molecular formula is C20H29ClN4O3. The molecule has 1 fully saturated rings. The van der Waals surface area contributed by atoms with E-state index in [0.717, 1.165) is 29.0 Å². The molecule has 3 rings (SSSR count). The van der Waals surface area contributed by atoms with Gasteiger partial charge < -0.3 is 20.1 Å². The molecule has 154 valence electrons. The van der Waals surface area contributed by atoms with Gasteiger partial charge in [0.05, 0.1) is 18.7 Å². The fourth-order valence-corrected chi connectivity index (χ4v) is 3.43. The smallest absolute Gasteiger partial charge is 0.225 e. The molecule has 0 spiro atoms. The predicted molar refractivity (Wildman–Crippen MR) is 110 cm³/mol. The quantitative estimate of drug-likeness (QED) is 0.651. The number of nitrogens with one attached hydrogen (secondary N) is 2. The van der Waals surface area contributed by atoms with Crippen molar-refractivity contribution in [2.45, 2.75) is 19.4 Å². The monoisotopic (exact) mass is 408 g/mol. The first-order valence-corrected chi connectivity index (χ1v) is 9.26. The Balaban J connectivity index is 0.00000280. The lowest BCUT2D eigenvalue weighted by molar-refractivity contribution is -0.125. The number of rotatable bonds is 8. The number of hydrogen-bond acceptors (Lipinski definition) is 5. The Morgan fingerprint density at radius 2 is 2.18 bits per heavy atom. The summed E-state index contributed by atoms with van der Waals surface area (Å²) in [7, 11) is 3.54. The summed E-state index contributed by atoms with van der Waals surface area (Å²) in [6.07, 6.45) is 3.83. The third-order valence-electron chi connectivity index (χ3n) is 4.92. The minimum absolute atomic E-state index is 0. The zero-order chi connectivity index (χ0) is 19.2. The lowest BCUT2D eigenvalue weighted by atomic mass is 9.90. The summed E-state index contributed by atoms with van der Waals surface area (Å²) in [4.78, 5) is 12.8. The van der Waals surface area contributed by atoms with Crippen LogP contribution in [0.4, 0.5) is 0 Å². The molecule has 0 aliphatic carbocycles. The summed E-state index contributed by atoms with van der Waals surface area (Å²) >= 11 is 0. The lowest BCUT2D eigenvalue weighted by Gasteiger charge is -2.18. The van der Waals surface area contributed by atoms with Crippen molar-refractivity contribution in [3.63, 3.8) is 0 Å². The number of aryl methyl sites for hydroxylation is 2. The van der Waals surface area contributed by atoms with Gasteiger partial charge in [-0.2, -0.15) is 5.10 Å². The summed E-state index contributed by atoms with van der Waals surface area (Å²) in [6, 6.07) is 6.02. The van der Waals surface area contributed by atoms with Gasteiger partial charge in [0.1, 0.15) is 12.4 Å². The maximum absolute atomic E-state index is 12.8. The Kier molecular flexibility index (Phi) is 8.29. The highest BCUT2D eigenvalue weighted by Crippen LogP contribution is 2.28. The second-order valence-electron chi connectivity index (χ2n) is 6.99. The summed E-state index contributed by atoms with van der Waals surface area (Å²) in [5, 5.41) is 10.6. The fourth-order valence-electron chi connectivity index (χ4n) is 3.43. The van der Waals surface area contributed by atoms with Crippen LogP contribution < -0.4 is 15.4 Å². The van der Waals surface area contributed by atoms with Crippen LogP contribution in [0.5, 0.6) is 5.75 Å². The Hall–Kier alpha value is -2.09. The van der Waals surface area contributed by atoms with Gasteiger partial charge in [0.15, 0.2) is 0 Å². The zero-order valence-electron chi connectivity index (χ0n) is 16.6. The standard InChI is InChI=1S/C20H28N4O3.ClH/c1-14-4-5-15(19(8-14)27-7-6-26-3)9-22-20(25)18-12-21-11-17(18)16-10-23-24(2)13-16;/h4-5,8,10,13,17-18,21H,6-7,9,11-12H2,1-3H3,(H,22,25);1H/t17-,18+;/m1./s1. The van der Waals surface area contributed by atoms with Crippen molar-refractivity contribution in [2.24, 2.45) is 13.0 Å². The number of carbonyl (C=O) groups excluding carboxylic acids is 1. The van der Waals surface area contributed by atoms with Crippen LogP contribution >= 0.6 is 12.4 Å². The molecule has 8 heteroatoms. The molecule has 2 atom stereocenters. The maximum Gasteiger partial charge on any atom is 0.225 e. The van der Waals surface area contributed by atoms with Crippen LogP contribution in [0.1, 0.15) is 22.6 Å².